The van der Waals surface area contributed by atoms with E-state index in [1.54, 1.807) is 17.0 Å². The van der Waals surface area contributed by atoms with Gasteiger partial charge in [0.1, 0.15) is 11.3 Å². The van der Waals surface area contributed by atoms with E-state index in [9.17, 15) is 9.59 Å². The topological polar surface area (TPSA) is 59.8 Å². The van der Waals surface area contributed by atoms with Gasteiger partial charge in [0.05, 0.1) is 23.6 Å². The molecule has 0 saturated heterocycles. The van der Waals surface area contributed by atoms with Crippen LogP contribution in [0.1, 0.15) is 72.8 Å². The zero-order chi connectivity index (χ0) is 22.8. The molecule has 1 unspecified atom stereocenters. The molecule has 3 aromatic rings. The number of hydrogen-bond acceptors (Lipinski definition) is 4. The third-order valence-electron chi connectivity index (χ3n) is 5.92. The second kappa shape index (κ2) is 9.37. The van der Waals surface area contributed by atoms with Gasteiger partial charge in [0.25, 0.3) is 5.91 Å². The number of rotatable bonds is 8. The Labute approximate surface area is 192 Å². The van der Waals surface area contributed by atoms with E-state index >= 15 is 0 Å². The van der Waals surface area contributed by atoms with E-state index in [4.69, 9.17) is 20.8 Å². The molecule has 32 heavy (non-hydrogen) atoms. The highest BCUT2D eigenvalue weighted by Gasteiger charge is 2.42. The summed E-state index contributed by atoms with van der Waals surface area (Å²) in [5, 5.41) is 0.895. The van der Waals surface area contributed by atoms with Crippen LogP contribution in [0.5, 0.6) is 5.75 Å². The van der Waals surface area contributed by atoms with E-state index in [-0.39, 0.29) is 17.1 Å². The minimum absolute atomic E-state index is 0.127. The first kappa shape index (κ1) is 22.4. The molecule has 0 N–H and O–H groups in total. The normalized spacial score (nSPS) is 15.4. The fourth-order valence-electron chi connectivity index (χ4n) is 4.25. The molecule has 0 bridgehead atoms. The maximum absolute atomic E-state index is 13.5. The summed E-state index contributed by atoms with van der Waals surface area (Å²) >= 11 is 6.28. The highest BCUT2D eigenvalue weighted by atomic mass is 35.5. The molecule has 5 nitrogen and oxygen atoms in total. The van der Waals surface area contributed by atoms with Gasteiger partial charge in [-0.25, -0.2) is 0 Å². The summed E-state index contributed by atoms with van der Waals surface area (Å²) in [6.45, 7) is 7.21. The highest BCUT2D eigenvalue weighted by molar-refractivity contribution is 6.32. The van der Waals surface area contributed by atoms with Gasteiger partial charge in [-0.05, 0) is 55.2 Å². The smallest absolute Gasteiger partial charge is 0.290 e. The van der Waals surface area contributed by atoms with Crippen LogP contribution in [0.2, 0.25) is 5.02 Å². The minimum Gasteiger partial charge on any atom is -0.494 e. The molecule has 6 heteroatoms. The number of benzene rings is 2. The molecule has 0 spiro atoms. The maximum atomic E-state index is 13.5. The summed E-state index contributed by atoms with van der Waals surface area (Å²) in [5.41, 5.74) is 2.21. The molecule has 1 amide bonds. The molecule has 1 aromatic heterocycles. The fraction of sp³-hybridized carbons (Fsp3) is 0.385. The summed E-state index contributed by atoms with van der Waals surface area (Å²) in [6.07, 6.45) is 4.07. The predicted molar refractivity (Wildman–Crippen MR) is 127 cm³/mol. The van der Waals surface area contributed by atoms with Gasteiger partial charge in [-0.1, -0.05) is 50.4 Å². The van der Waals surface area contributed by atoms with E-state index in [0.29, 0.717) is 34.7 Å². The lowest BCUT2D eigenvalue weighted by molar-refractivity contribution is 0.0728. The van der Waals surface area contributed by atoms with Crippen molar-refractivity contribution in [2.24, 2.45) is 0 Å². The van der Waals surface area contributed by atoms with Crippen LogP contribution in [0.15, 0.2) is 45.6 Å². The number of unbranched alkanes of at least 4 members (excludes halogenated alkanes) is 2. The van der Waals surface area contributed by atoms with Crippen molar-refractivity contribution in [2.45, 2.75) is 52.5 Å². The molecule has 0 fully saturated rings. The van der Waals surface area contributed by atoms with Crippen molar-refractivity contribution in [1.29, 1.82) is 0 Å². The molecule has 1 aliphatic heterocycles. The fourth-order valence-corrected chi connectivity index (χ4v) is 4.41. The SMILES string of the molecule is CCCCCOc1ccc(C2c3c(oc4cc(C)c(Cl)cc4c3=O)C(=O)N2CCC)cc1. The predicted octanol–water partition coefficient (Wildman–Crippen LogP) is 6.28. The standard InChI is InChI=1S/C26H28ClNO4/c1-4-6-7-13-31-18-10-8-17(9-11-18)23-22-24(29)19-15-20(27)16(3)14-21(19)32-25(22)26(30)28(23)12-5-2/h8-11,14-15,23H,4-7,12-13H2,1-3H3. The number of carbonyl (C=O) groups excluding carboxylic acids is 1. The molecule has 2 heterocycles. The number of carbonyl (C=O) groups is 1. The van der Waals surface area contributed by atoms with Gasteiger partial charge in [-0.3, -0.25) is 9.59 Å². The third kappa shape index (κ3) is 4.02. The van der Waals surface area contributed by atoms with Crippen molar-refractivity contribution >= 4 is 28.5 Å². The number of nitrogens with zero attached hydrogens (tertiary/aromatic N) is 1. The number of amides is 1. The van der Waals surface area contributed by atoms with Gasteiger partial charge < -0.3 is 14.1 Å². The minimum atomic E-state index is -0.493. The van der Waals surface area contributed by atoms with Crippen molar-refractivity contribution in [3.63, 3.8) is 0 Å². The lowest BCUT2D eigenvalue weighted by Gasteiger charge is -2.24. The first-order valence-electron chi connectivity index (χ1n) is 11.3. The van der Waals surface area contributed by atoms with Gasteiger partial charge in [0.2, 0.25) is 5.76 Å². The molecule has 0 radical (unpaired) electrons. The Morgan fingerprint density at radius 3 is 2.50 bits per heavy atom. The van der Waals surface area contributed by atoms with E-state index in [0.717, 1.165) is 42.6 Å². The van der Waals surface area contributed by atoms with E-state index < -0.39 is 6.04 Å². The molecule has 0 aliphatic carbocycles. The molecular formula is C26H28ClNO4. The summed E-state index contributed by atoms with van der Waals surface area (Å²) in [4.78, 5) is 28.5. The zero-order valence-electron chi connectivity index (χ0n) is 18.7. The Kier molecular flexibility index (Phi) is 6.56. The van der Waals surface area contributed by atoms with Gasteiger partial charge in [-0.2, -0.15) is 0 Å². The molecular weight excluding hydrogens is 426 g/mol. The van der Waals surface area contributed by atoms with Crippen LogP contribution >= 0.6 is 11.6 Å². The Balaban J connectivity index is 1.77. The lowest BCUT2D eigenvalue weighted by Crippen LogP contribution is -2.30. The molecule has 168 valence electrons. The lowest BCUT2D eigenvalue weighted by atomic mass is 9.98. The van der Waals surface area contributed by atoms with Crippen molar-refractivity contribution in [2.75, 3.05) is 13.2 Å². The average molecular weight is 454 g/mol. The van der Waals surface area contributed by atoms with Crippen LogP contribution < -0.4 is 10.2 Å². The Hall–Kier alpha value is -2.79. The van der Waals surface area contributed by atoms with Crippen LogP contribution in [0, 0.1) is 6.92 Å². The van der Waals surface area contributed by atoms with Crippen molar-refractivity contribution in [3.05, 3.63) is 74.1 Å². The molecule has 2 aromatic carbocycles. The molecule has 4 rings (SSSR count). The number of aryl methyl sites for hydroxylation is 1. The number of ether oxygens (including phenoxy) is 1. The van der Waals surface area contributed by atoms with Gasteiger partial charge in [0, 0.05) is 11.6 Å². The number of fused-ring (bicyclic) bond motifs is 2. The van der Waals surface area contributed by atoms with Gasteiger partial charge >= 0.3 is 0 Å². The van der Waals surface area contributed by atoms with Crippen molar-refractivity contribution in [3.8, 4) is 5.75 Å². The van der Waals surface area contributed by atoms with Crippen molar-refractivity contribution < 1.29 is 13.9 Å². The quantitative estimate of drug-likeness (QED) is 0.376. The average Bonchev–Trinajstić information content (AvgIpc) is 3.06. The Bertz CT molecular complexity index is 1200. The van der Waals surface area contributed by atoms with Crippen LogP contribution in [0.3, 0.4) is 0 Å². The van der Waals surface area contributed by atoms with Crippen LogP contribution in [0.25, 0.3) is 11.0 Å². The first-order chi connectivity index (χ1) is 15.5. The number of hydrogen-bond donors (Lipinski definition) is 0. The second-order valence-electron chi connectivity index (χ2n) is 8.30. The molecule has 1 aliphatic rings. The van der Waals surface area contributed by atoms with Crippen molar-refractivity contribution in [1.82, 2.24) is 4.90 Å². The molecule has 0 saturated carbocycles. The maximum Gasteiger partial charge on any atom is 0.290 e. The van der Waals surface area contributed by atoms with Gasteiger partial charge in [0.15, 0.2) is 5.43 Å². The van der Waals surface area contributed by atoms with E-state index in [2.05, 4.69) is 6.92 Å². The van der Waals surface area contributed by atoms with Crippen LogP contribution in [0.4, 0.5) is 0 Å². The van der Waals surface area contributed by atoms with Crippen LogP contribution in [-0.4, -0.2) is 24.0 Å². The summed E-state index contributed by atoms with van der Waals surface area (Å²) in [6, 6.07) is 10.5. The summed E-state index contributed by atoms with van der Waals surface area (Å²) < 4.78 is 11.8. The number of halogens is 1. The van der Waals surface area contributed by atoms with E-state index in [1.807, 2.05) is 38.1 Å². The third-order valence-corrected chi connectivity index (χ3v) is 6.33. The highest BCUT2D eigenvalue weighted by Crippen LogP contribution is 2.39. The van der Waals surface area contributed by atoms with E-state index in [1.165, 1.54) is 0 Å². The summed E-state index contributed by atoms with van der Waals surface area (Å²) in [7, 11) is 0. The Morgan fingerprint density at radius 1 is 1.06 bits per heavy atom. The summed E-state index contributed by atoms with van der Waals surface area (Å²) in [5.74, 6) is 0.658. The van der Waals surface area contributed by atoms with Crippen LogP contribution in [-0.2, 0) is 0 Å². The first-order valence-corrected chi connectivity index (χ1v) is 11.6. The zero-order valence-corrected chi connectivity index (χ0v) is 19.5. The molecule has 1 atom stereocenters. The largest absolute Gasteiger partial charge is 0.494 e. The Morgan fingerprint density at radius 2 is 1.81 bits per heavy atom. The second-order valence-corrected chi connectivity index (χ2v) is 8.70. The monoisotopic (exact) mass is 453 g/mol. The van der Waals surface area contributed by atoms with Gasteiger partial charge in [-0.15, -0.1) is 0 Å².